The Labute approximate surface area is 120 Å². The van der Waals surface area contributed by atoms with Crippen LogP contribution in [0.5, 0.6) is 5.88 Å². The second-order valence-corrected chi connectivity index (χ2v) is 4.61. The first kappa shape index (κ1) is 16.2. The van der Waals surface area contributed by atoms with E-state index in [1.54, 1.807) is 13.0 Å². The van der Waals surface area contributed by atoms with Crippen molar-refractivity contribution in [3.63, 3.8) is 0 Å². The van der Waals surface area contributed by atoms with E-state index in [-0.39, 0.29) is 18.6 Å². The molecule has 112 valence electrons. The molecule has 1 rings (SSSR count). The lowest BCUT2D eigenvalue weighted by atomic mass is 10.3. The van der Waals surface area contributed by atoms with Crippen molar-refractivity contribution in [1.29, 1.82) is 0 Å². The number of aromatic nitrogens is 2. The lowest BCUT2D eigenvalue weighted by Crippen LogP contribution is -2.32. The van der Waals surface area contributed by atoms with Gasteiger partial charge in [0.1, 0.15) is 18.7 Å². The van der Waals surface area contributed by atoms with Crippen LogP contribution in [0.3, 0.4) is 0 Å². The number of rotatable bonds is 8. The highest BCUT2D eigenvalue weighted by Gasteiger charge is 2.14. The monoisotopic (exact) mass is 281 g/mol. The minimum atomic E-state index is -0.258. The Kier molecular flexibility index (Phi) is 6.76. The van der Waals surface area contributed by atoms with Crippen molar-refractivity contribution in [2.24, 2.45) is 0 Å². The fourth-order valence-electron chi connectivity index (χ4n) is 1.72. The summed E-state index contributed by atoms with van der Waals surface area (Å²) in [6.07, 6.45) is 2.40. The van der Waals surface area contributed by atoms with Crippen molar-refractivity contribution in [2.75, 3.05) is 24.6 Å². The fourth-order valence-corrected chi connectivity index (χ4v) is 1.72. The topological polar surface area (TPSA) is 64.6 Å². The van der Waals surface area contributed by atoms with Gasteiger partial charge in [0.05, 0.1) is 12.7 Å². The zero-order valence-corrected chi connectivity index (χ0v) is 12.6. The molecule has 0 aliphatic carbocycles. The van der Waals surface area contributed by atoms with Crippen LogP contribution in [0.25, 0.3) is 0 Å². The van der Waals surface area contributed by atoms with Crippen LogP contribution in [0.4, 0.5) is 5.82 Å². The van der Waals surface area contributed by atoms with E-state index in [0.29, 0.717) is 18.3 Å². The van der Waals surface area contributed by atoms with Crippen LogP contribution in [0.1, 0.15) is 34.1 Å². The van der Waals surface area contributed by atoms with Gasteiger partial charge in [-0.3, -0.25) is 4.79 Å². The molecule has 0 saturated heterocycles. The number of esters is 1. The van der Waals surface area contributed by atoms with Crippen molar-refractivity contribution in [1.82, 2.24) is 9.97 Å². The molecule has 6 nitrogen and oxygen atoms in total. The molecule has 0 unspecified atom stereocenters. The third kappa shape index (κ3) is 5.42. The van der Waals surface area contributed by atoms with Crippen molar-refractivity contribution >= 4 is 11.8 Å². The summed E-state index contributed by atoms with van der Waals surface area (Å²) in [6, 6.07) is 1.74. The van der Waals surface area contributed by atoms with Gasteiger partial charge in [0, 0.05) is 12.6 Å². The Bertz CT molecular complexity index is 424. The minimum Gasteiger partial charge on any atom is -0.475 e. The first-order valence-corrected chi connectivity index (χ1v) is 6.96. The highest BCUT2D eigenvalue weighted by atomic mass is 16.5. The zero-order valence-electron chi connectivity index (χ0n) is 12.6. The highest BCUT2D eigenvalue weighted by Crippen LogP contribution is 2.17. The molecule has 0 aliphatic rings. The predicted molar refractivity (Wildman–Crippen MR) is 76.9 cm³/mol. The number of nitrogens with zero attached hydrogens (tertiary/aromatic N) is 3. The summed E-state index contributed by atoms with van der Waals surface area (Å²) < 4.78 is 10.5. The van der Waals surface area contributed by atoms with Crippen molar-refractivity contribution in [2.45, 2.75) is 40.2 Å². The van der Waals surface area contributed by atoms with Gasteiger partial charge in [0.2, 0.25) is 5.88 Å². The Morgan fingerprint density at radius 1 is 1.35 bits per heavy atom. The summed E-state index contributed by atoms with van der Waals surface area (Å²) in [6.45, 7) is 8.99. The molecule has 0 saturated carbocycles. The van der Waals surface area contributed by atoms with E-state index < -0.39 is 0 Å². The Hall–Kier alpha value is -1.85. The summed E-state index contributed by atoms with van der Waals surface area (Å²) in [5.74, 6) is 0.923. The lowest BCUT2D eigenvalue weighted by molar-refractivity contribution is -0.141. The standard InChI is InChI=1S/C14H23N3O3/c1-5-7-17(9-14(18)19-6-2)12-8-13(16-10-15-12)20-11(3)4/h8,10-11H,5-7,9H2,1-4H3. The molecule has 0 aliphatic heterocycles. The van der Waals surface area contributed by atoms with Crippen molar-refractivity contribution in [3.8, 4) is 5.88 Å². The number of ether oxygens (including phenoxy) is 2. The maximum absolute atomic E-state index is 11.6. The van der Waals surface area contributed by atoms with E-state index in [0.717, 1.165) is 13.0 Å². The smallest absolute Gasteiger partial charge is 0.325 e. The van der Waals surface area contributed by atoms with E-state index in [9.17, 15) is 4.79 Å². The molecule has 1 aromatic heterocycles. The Morgan fingerprint density at radius 2 is 2.10 bits per heavy atom. The van der Waals surface area contributed by atoms with Gasteiger partial charge in [0.15, 0.2) is 0 Å². The molecule has 0 bridgehead atoms. The molecule has 1 aromatic rings. The maximum atomic E-state index is 11.6. The van der Waals surface area contributed by atoms with Gasteiger partial charge < -0.3 is 14.4 Å². The second kappa shape index (κ2) is 8.35. The second-order valence-electron chi connectivity index (χ2n) is 4.61. The van der Waals surface area contributed by atoms with Gasteiger partial charge in [0.25, 0.3) is 0 Å². The van der Waals surface area contributed by atoms with Gasteiger partial charge in [-0.25, -0.2) is 9.97 Å². The molecule has 20 heavy (non-hydrogen) atoms. The van der Waals surface area contributed by atoms with E-state index in [4.69, 9.17) is 9.47 Å². The Morgan fingerprint density at radius 3 is 2.70 bits per heavy atom. The molecule has 6 heteroatoms. The normalized spacial score (nSPS) is 10.4. The van der Waals surface area contributed by atoms with Crippen LogP contribution >= 0.6 is 0 Å². The maximum Gasteiger partial charge on any atom is 0.325 e. The van der Waals surface area contributed by atoms with Crippen molar-refractivity contribution < 1.29 is 14.3 Å². The quantitative estimate of drug-likeness (QED) is 0.679. The number of carbonyl (C=O) groups excluding carboxylic acids is 1. The molecule has 0 amide bonds. The van der Waals surface area contributed by atoms with Gasteiger partial charge in [-0.15, -0.1) is 0 Å². The van der Waals surface area contributed by atoms with Crippen LogP contribution in [-0.2, 0) is 9.53 Å². The summed E-state index contributed by atoms with van der Waals surface area (Å²) >= 11 is 0. The summed E-state index contributed by atoms with van der Waals surface area (Å²) in [7, 11) is 0. The first-order chi connectivity index (χ1) is 9.56. The van der Waals surface area contributed by atoms with Crippen LogP contribution in [0.2, 0.25) is 0 Å². The number of hydrogen-bond acceptors (Lipinski definition) is 6. The molecule has 0 aromatic carbocycles. The van der Waals surface area contributed by atoms with Gasteiger partial charge in [-0.2, -0.15) is 0 Å². The van der Waals surface area contributed by atoms with Gasteiger partial charge in [-0.1, -0.05) is 6.92 Å². The van der Waals surface area contributed by atoms with Crippen LogP contribution in [0.15, 0.2) is 12.4 Å². The third-order valence-electron chi connectivity index (χ3n) is 2.43. The first-order valence-electron chi connectivity index (χ1n) is 6.96. The molecular weight excluding hydrogens is 258 g/mol. The fraction of sp³-hybridized carbons (Fsp3) is 0.643. The van der Waals surface area contributed by atoms with Crippen molar-refractivity contribution in [3.05, 3.63) is 12.4 Å². The van der Waals surface area contributed by atoms with Crippen LogP contribution in [0, 0.1) is 0 Å². The van der Waals surface area contributed by atoms with Gasteiger partial charge >= 0.3 is 5.97 Å². The molecule has 0 spiro atoms. The summed E-state index contributed by atoms with van der Waals surface area (Å²) in [5, 5.41) is 0. The highest BCUT2D eigenvalue weighted by molar-refractivity contribution is 5.75. The lowest BCUT2D eigenvalue weighted by Gasteiger charge is -2.22. The van der Waals surface area contributed by atoms with E-state index in [1.165, 1.54) is 6.33 Å². The minimum absolute atomic E-state index is 0.0439. The molecular formula is C14H23N3O3. The third-order valence-corrected chi connectivity index (χ3v) is 2.43. The van der Waals surface area contributed by atoms with Crippen LogP contribution in [-0.4, -0.2) is 41.7 Å². The molecule has 0 radical (unpaired) electrons. The molecule has 0 fully saturated rings. The SMILES string of the molecule is CCCN(CC(=O)OCC)c1cc(OC(C)C)ncn1. The van der Waals surface area contributed by atoms with Gasteiger partial charge in [-0.05, 0) is 27.2 Å². The van der Waals surface area contributed by atoms with Crippen LogP contribution < -0.4 is 9.64 Å². The summed E-state index contributed by atoms with van der Waals surface area (Å²) in [4.78, 5) is 21.8. The largest absolute Gasteiger partial charge is 0.475 e. The average Bonchev–Trinajstić information content (AvgIpc) is 2.38. The average molecular weight is 281 g/mol. The predicted octanol–water partition coefficient (Wildman–Crippen LogP) is 2.04. The molecule has 1 heterocycles. The van der Waals surface area contributed by atoms with E-state index in [1.807, 2.05) is 25.7 Å². The summed E-state index contributed by atoms with van der Waals surface area (Å²) in [5.41, 5.74) is 0. The number of hydrogen-bond donors (Lipinski definition) is 0. The number of anilines is 1. The number of carbonyl (C=O) groups is 1. The molecule has 0 N–H and O–H groups in total. The van der Waals surface area contributed by atoms with E-state index in [2.05, 4.69) is 9.97 Å². The molecule has 0 atom stereocenters. The van der Waals surface area contributed by atoms with E-state index >= 15 is 0 Å². The zero-order chi connectivity index (χ0) is 15.0. The Balaban J connectivity index is 2.82.